The van der Waals surface area contributed by atoms with E-state index in [4.69, 9.17) is 0 Å². The number of carbonyl (C=O) groups excluding carboxylic acids is 3. The lowest BCUT2D eigenvalue weighted by Crippen LogP contribution is -2.40. The van der Waals surface area contributed by atoms with Crippen LogP contribution < -0.4 is 5.32 Å². The van der Waals surface area contributed by atoms with Crippen molar-refractivity contribution in [1.82, 2.24) is 10.2 Å². The summed E-state index contributed by atoms with van der Waals surface area (Å²) in [7, 11) is 0. The molecule has 1 N–H and O–H groups in total. The number of amides is 3. The van der Waals surface area contributed by atoms with Crippen LogP contribution in [0.25, 0.3) is 0 Å². The van der Waals surface area contributed by atoms with Crippen molar-refractivity contribution < 1.29 is 14.4 Å². The van der Waals surface area contributed by atoms with Gasteiger partial charge < -0.3 is 5.32 Å². The Labute approximate surface area is 89.8 Å². The van der Waals surface area contributed by atoms with Gasteiger partial charge in [-0.2, -0.15) is 0 Å². The Kier molecular flexibility index (Phi) is 7.23. The van der Waals surface area contributed by atoms with E-state index in [0.717, 1.165) is 11.3 Å². The highest BCUT2D eigenvalue weighted by Gasteiger charge is 2.14. The Bertz CT molecular complexity index is 229. The average molecular weight is 214 g/mol. The Morgan fingerprint density at radius 3 is 2.40 bits per heavy atom. The molecule has 15 heavy (non-hydrogen) atoms. The number of imide groups is 1. The van der Waals surface area contributed by atoms with Crippen LogP contribution in [0.5, 0.6) is 0 Å². The lowest BCUT2D eigenvalue weighted by Gasteiger charge is -2.14. The standard InChI is InChI=1S/C10H18N2O3/c1-3-5-10(15)12(8-13)7-9(14)11-6-4-2/h8H,3-7H2,1-2H3,(H,11,14). The maximum Gasteiger partial charge on any atom is 0.240 e. The van der Waals surface area contributed by atoms with Gasteiger partial charge in [-0.05, 0) is 12.8 Å². The van der Waals surface area contributed by atoms with Gasteiger partial charge in [-0.25, -0.2) is 0 Å². The number of hydrogen-bond donors (Lipinski definition) is 1. The highest BCUT2D eigenvalue weighted by atomic mass is 16.2. The predicted octanol–water partition coefficient (Wildman–Crippen LogP) is 0.298. The molecule has 0 aromatic rings. The molecule has 5 nitrogen and oxygen atoms in total. The third kappa shape index (κ3) is 5.83. The van der Waals surface area contributed by atoms with Crippen LogP contribution in [-0.2, 0) is 14.4 Å². The van der Waals surface area contributed by atoms with Gasteiger partial charge in [0.05, 0.1) is 0 Å². The minimum atomic E-state index is -0.306. The fourth-order valence-electron chi connectivity index (χ4n) is 1.02. The first-order chi connectivity index (χ1) is 7.15. The summed E-state index contributed by atoms with van der Waals surface area (Å²) in [5, 5.41) is 2.60. The van der Waals surface area contributed by atoms with E-state index < -0.39 is 0 Å². The Hall–Kier alpha value is -1.39. The first-order valence-electron chi connectivity index (χ1n) is 5.17. The van der Waals surface area contributed by atoms with Crippen LogP contribution in [0.3, 0.4) is 0 Å². The largest absolute Gasteiger partial charge is 0.355 e. The van der Waals surface area contributed by atoms with Gasteiger partial charge in [0.15, 0.2) is 0 Å². The molecule has 0 bridgehead atoms. The number of nitrogens with zero attached hydrogens (tertiary/aromatic N) is 1. The number of rotatable bonds is 7. The summed E-state index contributed by atoms with van der Waals surface area (Å²) >= 11 is 0. The minimum absolute atomic E-state index is 0.178. The molecular weight excluding hydrogens is 196 g/mol. The van der Waals surface area contributed by atoms with Gasteiger partial charge in [-0.15, -0.1) is 0 Å². The molecule has 5 heteroatoms. The molecule has 0 aliphatic heterocycles. The summed E-state index contributed by atoms with van der Waals surface area (Å²) in [5.74, 6) is -0.604. The van der Waals surface area contributed by atoms with E-state index >= 15 is 0 Å². The molecule has 0 aromatic heterocycles. The quantitative estimate of drug-likeness (QED) is 0.620. The van der Waals surface area contributed by atoms with Crippen molar-refractivity contribution in [1.29, 1.82) is 0 Å². The monoisotopic (exact) mass is 214 g/mol. The van der Waals surface area contributed by atoms with Crippen molar-refractivity contribution in [2.45, 2.75) is 33.1 Å². The van der Waals surface area contributed by atoms with E-state index in [-0.39, 0.29) is 18.4 Å². The first kappa shape index (κ1) is 13.6. The van der Waals surface area contributed by atoms with Gasteiger partial charge in [-0.3, -0.25) is 19.3 Å². The molecule has 0 aliphatic rings. The van der Waals surface area contributed by atoms with Crippen molar-refractivity contribution in [3.8, 4) is 0 Å². The van der Waals surface area contributed by atoms with Crippen molar-refractivity contribution in [2.75, 3.05) is 13.1 Å². The van der Waals surface area contributed by atoms with Crippen LogP contribution in [0, 0.1) is 0 Å². The highest BCUT2D eigenvalue weighted by molar-refractivity contribution is 5.91. The number of carbonyl (C=O) groups is 3. The fraction of sp³-hybridized carbons (Fsp3) is 0.700. The van der Waals surface area contributed by atoms with Crippen LogP contribution in [-0.4, -0.2) is 36.2 Å². The summed E-state index contributed by atoms with van der Waals surface area (Å²) < 4.78 is 0. The Morgan fingerprint density at radius 2 is 1.93 bits per heavy atom. The lowest BCUT2D eigenvalue weighted by atomic mass is 10.3. The molecule has 0 fully saturated rings. The highest BCUT2D eigenvalue weighted by Crippen LogP contribution is 1.94. The van der Waals surface area contributed by atoms with Crippen LogP contribution in [0.4, 0.5) is 0 Å². The van der Waals surface area contributed by atoms with Crippen LogP contribution in [0.1, 0.15) is 33.1 Å². The molecule has 0 saturated carbocycles. The molecule has 3 amide bonds. The Morgan fingerprint density at radius 1 is 1.27 bits per heavy atom. The van der Waals surface area contributed by atoms with Crippen LogP contribution >= 0.6 is 0 Å². The van der Waals surface area contributed by atoms with Gasteiger partial charge in [-0.1, -0.05) is 13.8 Å². The summed E-state index contributed by atoms with van der Waals surface area (Å²) in [6.45, 7) is 4.16. The zero-order chi connectivity index (χ0) is 11.7. The normalized spacial score (nSPS) is 9.47. The molecule has 0 heterocycles. The van der Waals surface area contributed by atoms with Gasteiger partial charge in [0, 0.05) is 13.0 Å². The van der Waals surface area contributed by atoms with E-state index in [0.29, 0.717) is 25.8 Å². The van der Waals surface area contributed by atoms with Gasteiger partial charge >= 0.3 is 0 Å². The zero-order valence-electron chi connectivity index (χ0n) is 9.28. The van der Waals surface area contributed by atoms with Gasteiger partial charge in [0.25, 0.3) is 0 Å². The smallest absolute Gasteiger partial charge is 0.240 e. The SMILES string of the molecule is CCCNC(=O)CN(C=O)C(=O)CCC. The van der Waals surface area contributed by atoms with Gasteiger partial charge in [0.1, 0.15) is 6.54 Å². The van der Waals surface area contributed by atoms with Crippen LogP contribution in [0.15, 0.2) is 0 Å². The van der Waals surface area contributed by atoms with Crippen molar-refractivity contribution in [3.05, 3.63) is 0 Å². The molecule has 86 valence electrons. The molecular formula is C10H18N2O3. The van der Waals surface area contributed by atoms with Gasteiger partial charge in [0.2, 0.25) is 18.2 Å². The lowest BCUT2D eigenvalue weighted by molar-refractivity contribution is -0.142. The maximum atomic E-state index is 11.3. The fourth-order valence-corrected chi connectivity index (χ4v) is 1.02. The van der Waals surface area contributed by atoms with Crippen molar-refractivity contribution >= 4 is 18.2 Å². The molecule has 0 aliphatic carbocycles. The molecule has 0 rings (SSSR count). The summed E-state index contributed by atoms with van der Waals surface area (Å²) in [6, 6.07) is 0. The van der Waals surface area contributed by atoms with E-state index in [1.54, 1.807) is 0 Å². The van der Waals surface area contributed by atoms with Crippen molar-refractivity contribution in [3.63, 3.8) is 0 Å². The minimum Gasteiger partial charge on any atom is -0.355 e. The molecule has 0 radical (unpaired) electrons. The summed E-state index contributed by atoms with van der Waals surface area (Å²) in [6.07, 6.45) is 2.19. The second-order valence-corrected chi connectivity index (χ2v) is 3.23. The van der Waals surface area contributed by atoms with Crippen molar-refractivity contribution in [2.24, 2.45) is 0 Å². The third-order valence-electron chi connectivity index (χ3n) is 1.80. The van der Waals surface area contributed by atoms with Crippen LogP contribution in [0.2, 0.25) is 0 Å². The second-order valence-electron chi connectivity index (χ2n) is 3.23. The predicted molar refractivity (Wildman–Crippen MR) is 56.0 cm³/mol. The maximum absolute atomic E-state index is 11.3. The van der Waals surface area contributed by atoms with E-state index in [9.17, 15) is 14.4 Å². The topological polar surface area (TPSA) is 66.5 Å². The molecule has 0 spiro atoms. The molecule has 0 aromatic carbocycles. The van der Waals surface area contributed by atoms with E-state index in [2.05, 4.69) is 5.32 Å². The number of hydrogen-bond acceptors (Lipinski definition) is 3. The average Bonchev–Trinajstić information content (AvgIpc) is 2.23. The van der Waals surface area contributed by atoms with E-state index in [1.807, 2.05) is 13.8 Å². The second kappa shape index (κ2) is 7.96. The molecule has 0 saturated heterocycles. The number of nitrogens with one attached hydrogen (secondary N) is 1. The van der Waals surface area contributed by atoms with E-state index in [1.165, 1.54) is 0 Å². The Balaban J connectivity index is 4.03. The summed E-state index contributed by atoms with van der Waals surface area (Å²) in [4.78, 5) is 34.0. The summed E-state index contributed by atoms with van der Waals surface area (Å²) in [5.41, 5.74) is 0. The molecule has 0 unspecified atom stereocenters. The first-order valence-corrected chi connectivity index (χ1v) is 5.17. The molecule has 0 atom stereocenters. The third-order valence-corrected chi connectivity index (χ3v) is 1.80. The zero-order valence-corrected chi connectivity index (χ0v) is 9.28.